The van der Waals surface area contributed by atoms with Crippen LogP contribution in [0.2, 0.25) is 0 Å². The zero-order valence-corrected chi connectivity index (χ0v) is 15.5. The van der Waals surface area contributed by atoms with Gasteiger partial charge in [0.1, 0.15) is 0 Å². The molecule has 0 spiro atoms. The van der Waals surface area contributed by atoms with E-state index in [9.17, 15) is 4.79 Å². The molecule has 0 atom stereocenters. The fourth-order valence-corrected chi connectivity index (χ4v) is 2.61. The lowest BCUT2D eigenvalue weighted by Crippen LogP contribution is -2.41. The maximum atomic E-state index is 12.4. The van der Waals surface area contributed by atoms with Gasteiger partial charge in [0, 0.05) is 18.7 Å². The van der Waals surface area contributed by atoms with E-state index in [0.717, 1.165) is 16.6 Å². The summed E-state index contributed by atoms with van der Waals surface area (Å²) in [5, 5.41) is 11.7. The van der Waals surface area contributed by atoms with Crippen LogP contribution in [-0.2, 0) is 9.31 Å². The van der Waals surface area contributed by atoms with Crippen LogP contribution in [0.4, 0.5) is 0 Å². The molecule has 0 saturated carbocycles. The van der Waals surface area contributed by atoms with Crippen LogP contribution in [-0.4, -0.2) is 42.5 Å². The lowest BCUT2D eigenvalue weighted by molar-refractivity contribution is 0.00578. The zero-order chi connectivity index (χ0) is 18.1. The maximum Gasteiger partial charge on any atom is 0.494 e. The van der Waals surface area contributed by atoms with Gasteiger partial charge in [0.25, 0.3) is 5.91 Å². The minimum absolute atomic E-state index is 0.0618. The standard InChI is InChI=1S/C18H28BNO4/c1-12-10-14(19-23-17(3,4)18(5,6)24-19)11-15(13(12)2)16(22)20-8-7-9-21/h10-11,21H,7-9H2,1-6H3,(H,20,22). The van der Waals surface area contributed by atoms with Gasteiger partial charge < -0.3 is 19.7 Å². The Kier molecular flexibility index (Phi) is 5.42. The van der Waals surface area contributed by atoms with Gasteiger partial charge in [-0.2, -0.15) is 0 Å². The number of carbonyl (C=O) groups excluding carboxylic acids is 1. The second-order valence-electron chi connectivity index (χ2n) is 7.43. The Hall–Kier alpha value is -1.37. The molecule has 0 aromatic heterocycles. The fraction of sp³-hybridized carbons (Fsp3) is 0.611. The first-order chi connectivity index (χ1) is 11.1. The second kappa shape index (κ2) is 6.86. The molecule has 5 nitrogen and oxygen atoms in total. The van der Waals surface area contributed by atoms with E-state index in [1.54, 1.807) is 0 Å². The van der Waals surface area contributed by atoms with Crippen molar-refractivity contribution in [1.82, 2.24) is 5.32 Å². The van der Waals surface area contributed by atoms with Gasteiger partial charge in [0.2, 0.25) is 0 Å². The largest absolute Gasteiger partial charge is 0.494 e. The number of hydrogen-bond acceptors (Lipinski definition) is 4. The molecular weight excluding hydrogens is 305 g/mol. The first-order valence-corrected chi connectivity index (χ1v) is 8.45. The number of aliphatic hydroxyl groups excluding tert-OH is 1. The number of benzene rings is 1. The van der Waals surface area contributed by atoms with Crippen molar-refractivity contribution in [3.63, 3.8) is 0 Å². The highest BCUT2D eigenvalue weighted by molar-refractivity contribution is 6.62. The first kappa shape index (κ1) is 19.0. The van der Waals surface area contributed by atoms with Gasteiger partial charge in [-0.3, -0.25) is 4.79 Å². The molecule has 1 aliphatic rings. The Bertz CT molecular complexity index is 612. The molecule has 1 fully saturated rings. The summed E-state index contributed by atoms with van der Waals surface area (Å²) in [7, 11) is -0.488. The molecular formula is C18H28BNO4. The van der Waals surface area contributed by atoms with Gasteiger partial charge in [-0.15, -0.1) is 0 Å². The molecule has 1 aliphatic heterocycles. The molecule has 1 aromatic carbocycles. The Morgan fingerprint density at radius 1 is 1.17 bits per heavy atom. The van der Waals surface area contributed by atoms with E-state index in [2.05, 4.69) is 5.32 Å². The normalized spacial score (nSPS) is 18.7. The molecule has 24 heavy (non-hydrogen) atoms. The lowest BCUT2D eigenvalue weighted by atomic mass is 9.76. The predicted octanol–water partition coefficient (Wildman–Crippen LogP) is 1.71. The van der Waals surface area contributed by atoms with Crippen LogP contribution in [0.15, 0.2) is 12.1 Å². The van der Waals surface area contributed by atoms with Crippen molar-refractivity contribution in [1.29, 1.82) is 0 Å². The van der Waals surface area contributed by atoms with Crippen molar-refractivity contribution in [2.75, 3.05) is 13.2 Å². The van der Waals surface area contributed by atoms with Crippen molar-refractivity contribution >= 4 is 18.5 Å². The van der Waals surface area contributed by atoms with E-state index in [-0.39, 0.29) is 12.5 Å². The van der Waals surface area contributed by atoms with Crippen LogP contribution in [0.25, 0.3) is 0 Å². The SMILES string of the molecule is Cc1cc(B2OC(C)(C)C(C)(C)O2)cc(C(=O)NCCCO)c1C. The van der Waals surface area contributed by atoms with Gasteiger partial charge in [0.15, 0.2) is 0 Å². The maximum absolute atomic E-state index is 12.4. The van der Waals surface area contributed by atoms with Gasteiger partial charge >= 0.3 is 7.12 Å². The van der Waals surface area contributed by atoms with E-state index in [1.165, 1.54) is 0 Å². The van der Waals surface area contributed by atoms with Gasteiger partial charge in [0.05, 0.1) is 11.2 Å². The van der Waals surface area contributed by atoms with Crippen LogP contribution in [0.5, 0.6) is 0 Å². The Morgan fingerprint density at radius 2 is 1.75 bits per heavy atom. The Labute approximate surface area is 144 Å². The van der Waals surface area contributed by atoms with Crippen molar-refractivity contribution < 1.29 is 19.2 Å². The molecule has 132 valence electrons. The number of hydrogen-bond donors (Lipinski definition) is 2. The predicted molar refractivity (Wildman–Crippen MR) is 95.7 cm³/mol. The topological polar surface area (TPSA) is 67.8 Å². The summed E-state index contributed by atoms with van der Waals surface area (Å²) in [6, 6.07) is 3.86. The van der Waals surface area contributed by atoms with Crippen LogP contribution in [0.3, 0.4) is 0 Å². The summed E-state index contributed by atoms with van der Waals surface area (Å²) in [6.45, 7) is 12.5. The number of amides is 1. The number of carbonyl (C=O) groups is 1. The number of aliphatic hydroxyl groups is 1. The van der Waals surface area contributed by atoms with E-state index in [1.807, 2.05) is 53.7 Å². The quantitative estimate of drug-likeness (QED) is 0.636. The minimum Gasteiger partial charge on any atom is -0.399 e. The van der Waals surface area contributed by atoms with Gasteiger partial charge in [-0.1, -0.05) is 6.07 Å². The van der Waals surface area contributed by atoms with Crippen LogP contribution in [0.1, 0.15) is 55.6 Å². The van der Waals surface area contributed by atoms with E-state index in [4.69, 9.17) is 14.4 Å². The number of aryl methyl sites for hydroxylation is 1. The fourth-order valence-electron chi connectivity index (χ4n) is 2.61. The van der Waals surface area contributed by atoms with Crippen molar-refractivity contribution in [3.8, 4) is 0 Å². The molecule has 1 heterocycles. The molecule has 1 aromatic rings. The molecule has 1 saturated heterocycles. The molecule has 0 radical (unpaired) electrons. The molecule has 2 rings (SSSR count). The first-order valence-electron chi connectivity index (χ1n) is 8.45. The summed E-state index contributed by atoms with van der Waals surface area (Å²) < 4.78 is 12.2. The summed E-state index contributed by atoms with van der Waals surface area (Å²) in [5.41, 5.74) is 2.60. The van der Waals surface area contributed by atoms with Gasteiger partial charge in [-0.05, 0) is 70.6 Å². The third-order valence-electron chi connectivity index (χ3n) is 5.08. The number of rotatable bonds is 5. The lowest BCUT2D eigenvalue weighted by Gasteiger charge is -2.32. The zero-order valence-electron chi connectivity index (χ0n) is 15.5. The highest BCUT2D eigenvalue weighted by Crippen LogP contribution is 2.36. The van der Waals surface area contributed by atoms with Crippen molar-refractivity contribution in [2.45, 2.75) is 59.2 Å². The van der Waals surface area contributed by atoms with Crippen LogP contribution >= 0.6 is 0 Å². The van der Waals surface area contributed by atoms with E-state index >= 15 is 0 Å². The highest BCUT2D eigenvalue weighted by atomic mass is 16.7. The van der Waals surface area contributed by atoms with Crippen LogP contribution < -0.4 is 10.8 Å². The average Bonchev–Trinajstić information content (AvgIpc) is 2.70. The summed E-state index contributed by atoms with van der Waals surface area (Å²) in [4.78, 5) is 12.4. The summed E-state index contributed by atoms with van der Waals surface area (Å²) in [5.74, 6) is -0.137. The molecule has 0 aliphatic carbocycles. The van der Waals surface area contributed by atoms with E-state index < -0.39 is 18.3 Å². The van der Waals surface area contributed by atoms with Crippen molar-refractivity contribution in [3.05, 3.63) is 28.8 Å². The summed E-state index contributed by atoms with van der Waals surface area (Å²) >= 11 is 0. The second-order valence-corrected chi connectivity index (χ2v) is 7.43. The number of nitrogens with one attached hydrogen (secondary N) is 1. The smallest absolute Gasteiger partial charge is 0.399 e. The Balaban J connectivity index is 2.29. The van der Waals surface area contributed by atoms with E-state index in [0.29, 0.717) is 18.5 Å². The average molecular weight is 333 g/mol. The Morgan fingerprint density at radius 3 is 2.29 bits per heavy atom. The van der Waals surface area contributed by atoms with Gasteiger partial charge in [-0.25, -0.2) is 0 Å². The molecule has 0 bridgehead atoms. The molecule has 6 heteroatoms. The molecule has 2 N–H and O–H groups in total. The molecule has 0 unspecified atom stereocenters. The highest BCUT2D eigenvalue weighted by Gasteiger charge is 2.51. The minimum atomic E-state index is -0.488. The third-order valence-corrected chi connectivity index (χ3v) is 5.08. The third kappa shape index (κ3) is 3.66. The molecule has 1 amide bonds. The van der Waals surface area contributed by atoms with Crippen LogP contribution in [0, 0.1) is 13.8 Å². The van der Waals surface area contributed by atoms with Crippen molar-refractivity contribution in [2.24, 2.45) is 0 Å². The monoisotopic (exact) mass is 333 g/mol. The summed E-state index contributed by atoms with van der Waals surface area (Å²) in [6.07, 6.45) is 0.542.